The van der Waals surface area contributed by atoms with Crippen molar-refractivity contribution in [3.63, 3.8) is 0 Å². The Kier molecular flexibility index (Phi) is 5.88. The third-order valence-corrected chi connectivity index (χ3v) is 6.18. The van der Waals surface area contributed by atoms with Crippen molar-refractivity contribution in [3.8, 4) is 0 Å². The summed E-state index contributed by atoms with van der Waals surface area (Å²) in [5.74, 6) is -1.06. The Hall–Kier alpha value is -3.39. The average Bonchev–Trinajstić information content (AvgIpc) is 3.09. The first-order valence-corrected chi connectivity index (χ1v) is 10.7. The van der Waals surface area contributed by atoms with Gasteiger partial charge in [0.25, 0.3) is 5.91 Å². The first-order chi connectivity index (χ1) is 15.3. The number of benzene rings is 2. The van der Waals surface area contributed by atoms with E-state index in [1.807, 2.05) is 6.92 Å². The fraction of sp³-hybridized carbons (Fsp3) is 0.304. The fourth-order valence-corrected chi connectivity index (χ4v) is 4.41. The molecule has 4 rings (SSSR count). The third kappa shape index (κ3) is 4.05. The van der Waals surface area contributed by atoms with Gasteiger partial charge in [0.2, 0.25) is 17.7 Å². The Morgan fingerprint density at radius 2 is 1.72 bits per heavy atom. The highest BCUT2D eigenvalue weighted by Crippen LogP contribution is 2.43. The summed E-state index contributed by atoms with van der Waals surface area (Å²) in [7, 11) is 0. The molecule has 0 aromatic heterocycles. The third-order valence-electron chi connectivity index (χ3n) is 5.93. The second kappa shape index (κ2) is 8.63. The number of rotatable bonds is 5. The molecule has 2 aliphatic heterocycles. The zero-order valence-electron chi connectivity index (χ0n) is 17.6. The van der Waals surface area contributed by atoms with Gasteiger partial charge in [-0.1, -0.05) is 35.9 Å². The minimum Gasteiger partial charge on any atom is -0.315 e. The second-order valence-electron chi connectivity index (χ2n) is 8.07. The lowest BCUT2D eigenvalue weighted by Crippen LogP contribution is -2.62. The van der Waals surface area contributed by atoms with Gasteiger partial charge in [0, 0.05) is 24.4 Å². The second-order valence-corrected chi connectivity index (χ2v) is 8.51. The van der Waals surface area contributed by atoms with Gasteiger partial charge in [-0.2, -0.15) is 0 Å². The summed E-state index contributed by atoms with van der Waals surface area (Å²) in [5, 5.41) is 0.577. The SMILES string of the molecule is CC12CCC(=O)N1c1ccccc1C(=O)N2CCC(=O)NNC(=O)Cc1ccc(Cl)cc1. The van der Waals surface area contributed by atoms with Gasteiger partial charge < -0.3 is 4.90 Å². The number of carbonyl (C=O) groups excluding carboxylic acids is 4. The minimum absolute atomic E-state index is 0.0211. The largest absolute Gasteiger partial charge is 0.315 e. The van der Waals surface area contributed by atoms with E-state index < -0.39 is 11.6 Å². The molecule has 0 bridgehead atoms. The van der Waals surface area contributed by atoms with Crippen LogP contribution >= 0.6 is 11.6 Å². The molecule has 1 fully saturated rings. The molecule has 1 saturated heterocycles. The fourth-order valence-electron chi connectivity index (χ4n) is 4.29. The number of carbonyl (C=O) groups is 4. The first-order valence-electron chi connectivity index (χ1n) is 10.4. The minimum atomic E-state index is -0.819. The quantitative estimate of drug-likeness (QED) is 0.678. The molecule has 2 N–H and O–H groups in total. The van der Waals surface area contributed by atoms with Crippen LogP contribution in [-0.4, -0.2) is 40.7 Å². The smallest absolute Gasteiger partial charge is 0.257 e. The van der Waals surface area contributed by atoms with E-state index in [-0.39, 0.29) is 37.1 Å². The maximum Gasteiger partial charge on any atom is 0.257 e. The summed E-state index contributed by atoms with van der Waals surface area (Å²) in [6.45, 7) is 1.96. The molecule has 4 amide bonds. The number of anilines is 1. The highest BCUT2D eigenvalue weighted by molar-refractivity contribution is 6.30. The Bertz CT molecular complexity index is 1090. The maximum atomic E-state index is 13.2. The lowest BCUT2D eigenvalue weighted by molar-refractivity contribution is -0.128. The standard InChI is InChI=1S/C23H23ClN4O4/c1-23-12-10-21(31)28(23)18-5-3-2-4-17(18)22(32)27(23)13-11-19(29)25-26-20(30)14-15-6-8-16(24)9-7-15/h2-9H,10-14H2,1H3,(H,25,29)(H,26,30). The molecule has 2 aliphatic rings. The van der Waals surface area contributed by atoms with E-state index in [1.165, 1.54) is 0 Å². The van der Waals surface area contributed by atoms with Crippen molar-refractivity contribution < 1.29 is 19.2 Å². The molecule has 166 valence electrons. The number of para-hydroxylation sites is 1. The van der Waals surface area contributed by atoms with Crippen LogP contribution in [0.2, 0.25) is 5.02 Å². The maximum absolute atomic E-state index is 13.2. The van der Waals surface area contributed by atoms with Crippen LogP contribution in [0.4, 0.5) is 5.69 Å². The lowest BCUT2D eigenvalue weighted by atomic mass is 9.98. The van der Waals surface area contributed by atoms with Gasteiger partial charge in [-0.25, -0.2) is 0 Å². The van der Waals surface area contributed by atoms with Crippen LogP contribution in [0, 0.1) is 0 Å². The number of nitrogens with one attached hydrogen (secondary N) is 2. The molecule has 0 spiro atoms. The zero-order valence-corrected chi connectivity index (χ0v) is 18.3. The van der Waals surface area contributed by atoms with E-state index in [9.17, 15) is 19.2 Å². The van der Waals surface area contributed by atoms with Gasteiger partial charge in [-0.15, -0.1) is 0 Å². The number of halogens is 1. The van der Waals surface area contributed by atoms with Gasteiger partial charge in [0.05, 0.1) is 17.7 Å². The molecule has 0 radical (unpaired) electrons. The van der Waals surface area contributed by atoms with Crippen LogP contribution in [0.5, 0.6) is 0 Å². The molecule has 0 aliphatic carbocycles. The summed E-state index contributed by atoms with van der Waals surface area (Å²) in [4.78, 5) is 53.4. The normalized spacial score (nSPS) is 19.4. The van der Waals surface area contributed by atoms with Crippen LogP contribution in [0.1, 0.15) is 42.1 Å². The van der Waals surface area contributed by atoms with Gasteiger partial charge in [-0.3, -0.25) is 34.9 Å². The molecular formula is C23H23ClN4O4. The van der Waals surface area contributed by atoms with Gasteiger partial charge >= 0.3 is 0 Å². The molecule has 1 unspecified atom stereocenters. The van der Waals surface area contributed by atoms with Crippen molar-refractivity contribution in [1.29, 1.82) is 0 Å². The molecule has 1 atom stereocenters. The Labute approximate surface area is 190 Å². The van der Waals surface area contributed by atoms with E-state index in [0.29, 0.717) is 29.1 Å². The Balaban J connectivity index is 1.37. The van der Waals surface area contributed by atoms with E-state index in [0.717, 1.165) is 5.56 Å². The highest BCUT2D eigenvalue weighted by atomic mass is 35.5. The van der Waals surface area contributed by atoms with Gasteiger partial charge in [0.15, 0.2) is 0 Å². The molecule has 2 aromatic carbocycles. The molecule has 2 aromatic rings. The van der Waals surface area contributed by atoms with Crippen molar-refractivity contribution in [3.05, 3.63) is 64.7 Å². The zero-order chi connectivity index (χ0) is 22.9. The number of nitrogens with zero attached hydrogens (tertiary/aromatic N) is 2. The van der Waals surface area contributed by atoms with E-state index >= 15 is 0 Å². The summed E-state index contributed by atoms with van der Waals surface area (Å²) in [6.07, 6.45) is 0.896. The first kappa shape index (κ1) is 21.8. The van der Waals surface area contributed by atoms with Gasteiger partial charge in [0.1, 0.15) is 5.66 Å². The Morgan fingerprint density at radius 1 is 1.03 bits per heavy atom. The molecule has 32 heavy (non-hydrogen) atoms. The number of hydrogen-bond acceptors (Lipinski definition) is 4. The number of fused-ring (bicyclic) bond motifs is 3. The number of hydrazine groups is 1. The van der Waals surface area contributed by atoms with Crippen LogP contribution in [-0.2, 0) is 20.8 Å². The lowest BCUT2D eigenvalue weighted by Gasteiger charge is -2.48. The summed E-state index contributed by atoms with van der Waals surface area (Å²) >= 11 is 5.83. The van der Waals surface area contributed by atoms with Crippen molar-refractivity contribution in [1.82, 2.24) is 15.8 Å². The van der Waals surface area contributed by atoms with Gasteiger partial charge in [-0.05, 0) is 43.2 Å². The predicted molar refractivity (Wildman–Crippen MR) is 119 cm³/mol. The monoisotopic (exact) mass is 454 g/mol. The van der Waals surface area contributed by atoms with Crippen molar-refractivity contribution >= 4 is 40.9 Å². The van der Waals surface area contributed by atoms with Crippen LogP contribution < -0.4 is 15.8 Å². The summed E-state index contributed by atoms with van der Waals surface area (Å²) in [6, 6.07) is 13.9. The van der Waals surface area contributed by atoms with Crippen molar-refractivity contribution in [2.75, 3.05) is 11.4 Å². The Morgan fingerprint density at radius 3 is 2.47 bits per heavy atom. The van der Waals surface area contributed by atoms with Crippen LogP contribution in [0.15, 0.2) is 48.5 Å². The van der Waals surface area contributed by atoms with E-state index in [4.69, 9.17) is 11.6 Å². The molecule has 0 saturated carbocycles. The number of hydrogen-bond donors (Lipinski definition) is 2. The predicted octanol–water partition coefficient (Wildman–Crippen LogP) is 2.42. The van der Waals surface area contributed by atoms with Crippen molar-refractivity contribution in [2.24, 2.45) is 0 Å². The topological polar surface area (TPSA) is 98.8 Å². The van der Waals surface area contributed by atoms with Crippen LogP contribution in [0.3, 0.4) is 0 Å². The molecule has 2 heterocycles. The van der Waals surface area contributed by atoms with Crippen LogP contribution in [0.25, 0.3) is 0 Å². The van der Waals surface area contributed by atoms with E-state index in [1.54, 1.807) is 58.3 Å². The summed E-state index contributed by atoms with van der Waals surface area (Å²) < 4.78 is 0. The van der Waals surface area contributed by atoms with Crippen molar-refractivity contribution in [2.45, 2.75) is 38.3 Å². The molecule has 9 heteroatoms. The number of amides is 4. The summed E-state index contributed by atoms with van der Waals surface area (Å²) in [5.41, 5.74) is 5.76. The molecule has 8 nitrogen and oxygen atoms in total. The highest BCUT2D eigenvalue weighted by Gasteiger charge is 2.52. The van der Waals surface area contributed by atoms with E-state index in [2.05, 4.69) is 10.9 Å². The molecular weight excluding hydrogens is 432 g/mol. The average molecular weight is 455 g/mol.